The van der Waals surface area contributed by atoms with E-state index in [1.807, 2.05) is 6.07 Å². The summed E-state index contributed by atoms with van der Waals surface area (Å²) in [5.74, 6) is 2.91. The van der Waals surface area contributed by atoms with Gasteiger partial charge in [-0.15, -0.1) is 0 Å². The zero-order chi connectivity index (χ0) is 23.5. The molecule has 3 nitrogen and oxygen atoms in total. The lowest BCUT2D eigenvalue weighted by Gasteiger charge is -2.38. The summed E-state index contributed by atoms with van der Waals surface area (Å²) in [6, 6.07) is 7.75. The van der Waals surface area contributed by atoms with E-state index in [0.717, 1.165) is 31.5 Å². The van der Waals surface area contributed by atoms with E-state index in [-0.39, 0.29) is 17.8 Å². The standard InChI is InChI=1S/C30H45FN2O/c1-2-28(23-14-9-15-25(31)18-23)33-19-24-16-17-27(26(24)20-33)32-30(34)29(21-10-5-3-6-11-21)22-12-7-4-8-13-22/h9,14-15,18,21-22,24,26-29H,2-8,10-13,16-17,19-20H2,1H3,(H,32,34)/t24-,26+,27-,28?/m0/s1. The summed E-state index contributed by atoms with van der Waals surface area (Å²) in [4.78, 5) is 16.4. The van der Waals surface area contributed by atoms with Gasteiger partial charge in [0.05, 0.1) is 0 Å². The summed E-state index contributed by atoms with van der Waals surface area (Å²) in [5, 5.41) is 3.65. The Morgan fingerprint density at radius 2 is 1.65 bits per heavy atom. The number of carbonyl (C=O) groups is 1. The Balaban J connectivity index is 1.25. The molecule has 1 aliphatic heterocycles. The van der Waals surface area contributed by atoms with Crippen LogP contribution >= 0.6 is 0 Å². The van der Waals surface area contributed by atoms with E-state index < -0.39 is 0 Å². The Kier molecular flexibility index (Phi) is 7.93. The highest BCUT2D eigenvalue weighted by Crippen LogP contribution is 2.44. The van der Waals surface area contributed by atoms with Crippen LogP contribution in [-0.4, -0.2) is 29.9 Å². The van der Waals surface area contributed by atoms with E-state index in [4.69, 9.17) is 0 Å². The van der Waals surface area contributed by atoms with Gasteiger partial charge >= 0.3 is 0 Å². The van der Waals surface area contributed by atoms with Crippen molar-refractivity contribution in [2.75, 3.05) is 13.1 Å². The molecule has 4 fully saturated rings. The molecule has 1 amide bonds. The van der Waals surface area contributed by atoms with Crippen molar-refractivity contribution in [2.24, 2.45) is 29.6 Å². The first-order chi connectivity index (χ1) is 16.6. The van der Waals surface area contributed by atoms with Gasteiger partial charge in [-0.1, -0.05) is 57.6 Å². The number of nitrogens with one attached hydrogen (secondary N) is 1. The SMILES string of the molecule is CCC(c1cccc(F)c1)N1C[C@@H]2CC[C@H](NC(=O)C(C3CCCCC3)C3CCCCC3)[C@@H]2C1. The van der Waals surface area contributed by atoms with Crippen molar-refractivity contribution in [2.45, 2.75) is 102 Å². The van der Waals surface area contributed by atoms with Gasteiger partial charge in [0.1, 0.15) is 5.82 Å². The Morgan fingerprint density at radius 1 is 0.971 bits per heavy atom. The molecule has 4 aliphatic rings. The number of fused-ring (bicyclic) bond motifs is 1. The summed E-state index contributed by atoms with van der Waals surface area (Å²) in [6.07, 6.45) is 16.3. The molecule has 0 bridgehead atoms. The van der Waals surface area contributed by atoms with Gasteiger partial charge in [0.2, 0.25) is 5.91 Å². The first kappa shape index (κ1) is 24.3. The van der Waals surface area contributed by atoms with E-state index in [0.29, 0.717) is 35.6 Å². The minimum atomic E-state index is -0.142. The van der Waals surface area contributed by atoms with Crippen LogP contribution in [0.15, 0.2) is 24.3 Å². The second-order valence-electron chi connectivity index (χ2n) is 11.9. The van der Waals surface area contributed by atoms with Crippen LogP contribution in [0, 0.1) is 35.4 Å². The van der Waals surface area contributed by atoms with Crippen LogP contribution in [-0.2, 0) is 4.79 Å². The van der Waals surface area contributed by atoms with Crippen LogP contribution in [0.25, 0.3) is 0 Å². The molecule has 5 rings (SSSR count). The number of benzene rings is 1. The highest BCUT2D eigenvalue weighted by Gasteiger charge is 2.46. The highest BCUT2D eigenvalue weighted by atomic mass is 19.1. The van der Waals surface area contributed by atoms with Gasteiger partial charge in [-0.3, -0.25) is 9.69 Å². The van der Waals surface area contributed by atoms with Gasteiger partial charge in [-0.05, 0) is 86.3 Å². The molecular formula is C30H45FN2O. The molecule has 0 aromatic heterocycles. The summed E-state index contributed by atoms with van der Waals surface area (Å²) in [7, 11) is 0. The van der Waals surface area contributed by atoms with Crippen molar-refractivity contribution in [1.82, 2.24) is 10.2 Å². The van der Waals surface area contributed by atoms with E-state index >= 15 is 0 Å². The van der Waals surface area contributed by atoms with Gasteiger partial charge in [-0.25, -0.2) is 4.39 Å². The average Bonchev–Trinajstić information content (AvgIpc) is 3.43. The molecule has 1 aromatic carbocycles. The van der Waals surface area contributed by atoms with Crippen LogP contribution in [0.2, 0.25) is 0 Å². The normalized spacial score (nSPS) is 29.9. The molecule has 34 heavy (non-hydrogen) atoms. The zero-order valence-corrected chi connectivity index (χ0v) is 21.2. The maximum atomic E-state index is 13.9. The number of hydrogen-bond acceptors (Lipinski definition) is 2. The molecule has 0 spiro atoms. The van der Waals surface area contributed by atoms with E-state index in [2.05, 4.69) is 23.2 Å². The number of rotatable bonds is 7. The monoisotopic (exact) mass is 468 g/mol. The lowest BCUT2D eigenvalue weighted by atomic mass is 9.69. The smallest absolute Gasteiger partial charge is 0.223 e. The number of halogens is 1. The number of carbonyl (C=O) groups excluding carboxylic acids is 1. The van der Waals surface area contributed by atoms with Crippen LogP contribution in [0.4, 0.5) is 4.39 Å². The topological polar surface area (TPSA) is 32.3 Å². The minimum Gasteiger partial charge on any atom is -0.353 e. The third-order valence-electron chi connectivity index (χ3n) is 9.89. The van der Waals surface area contributed by atoms with Crippen LogP contribution < -0.4 is 5.32 Å². The molecule has 188 valence electrons. The molecule has 3 aliphatic carbocycles. The van der Waals surface area contributed by atoms with Crippen molar-refractivity contribution in [3.8, 4) is 0 Å². The fraction of sp³-hybridized carbons (Fsp3) is 0.767. The number of nitrogens with zero attached hydrogens (tertiary/aromatic N) is 1. The Morgan fingerprint density at radius 3 is 2.26 bits per heavy atom. The van der Waals surface area contributed by atoms with Gasteiger partial charge in [0.25, 0.3) is 0 Å². The second kappa shape index (κ2) is 11.1. The number of likely N-dealkylation sites (tertiary alicyclic amines) is 1. The van der Waals surface area contributed by atoms with Crippen molar-refractivity contribution in [3.05, 3.63) is 35.6 Å². The fourth-order valence-electron chi connectivity index (χ4n) is 8.23. The van der Waals surface area contributed by atoms with E-state index in [1.54, 1.807) is 6.07 Å². The first-order valence-electron chi connectivity index (χ1n) is 14.4. The van der Waals surface area contributed by atoms with Gasteiger partial charge in [-0.2, -0.15) is 0 Å². The summed E-state index contributed by atoms with van der Waals surface area (Å²) >= 11 is 0. The molecule has 4 heteroatoms. The molecule has 1 N–H and O–H groups in total. The minimum absolute atomic E-state index is 0.142. The first-order valence-corrected chi connectivity index (χ1v) is 14.4. The molecule has 1 heterocycles. The van der Waals surface area contributed by atoms with Crippen LogP contribution in [0.5, 0.6) is 0 Å². The van der Waals surface area contributed by atoms with Gasteiger partial charge < -0.3 is 5.32 Å². The third kappa shape index (κ3) is 5.22. The maximum Gasteiger partial charge on any atom is 0.223 e. The van der Waals surface area contributed by atoms with E-state index in [9.17, 15) is 9.18 Å². The van der Waals surface area contributed by atoms with Crippen molar-refractivity contribution >= 4 is 5.91 Å². The largest absolute Gasteiger partial charge is 0.353 e. The number of hydrogen-bond donors (Lipinski definition) is 1. The third-order valence-corrected chi connectivity index (χ3v) is 9.89. The predicted molar refractivity (Wildman–Crippen MR) is 136 cm³/mol. The molecule has 1 aromatic rings. The summed E-state index contributed by atoms with van der Waals surface area (Å²) in [5.41, 5.74) is 1.10. The Hall–Kier alpha value is -1.42. The van der Waals surface area contributed by atoms with Crippen LogP contribution in [0.1, 0.15) is 102 Å². The lowest BCUT2D eigenvalue weighted by molar-refractivity contribution is -0.131. The maximum absolute atomic E-state index is 13.9. The summed E-state index contributed by atoms with van der Waals surface area (Å²) < 4.78 is 13.9. The molecule has 1 saturated heterocycles. The molecule has 4 atom stereocenters. The molecule has 1 unspecified atom stereocenters. The van der Waals surface area contributed by atoms with Crippen molar-refractivity contribution < 1.29 is 9.18 Å². The molecule has 0 radical (unpaired) electrons. The van der Waals surface area contributed by atoms with E-state index in [1.165, 1.54) is 76.7 Å². The molecular weight excluding hydrogens is 423 g/mol. The Bertz CT molecular complexity index is 798. The summed E-state index contributed by atoms with van der Waals surface area (Å²) in [6.45, 7) is 4.32. The second-order valence-corrected chi connectivity index (χ2v) is 11.9. The highest BCUT2D eigenvalue weighted by molar-refractivity contribution is 5.79. The van der Waals surface area contributed by atoms with Gasteiger partial charge in [0.15, 0.2) is 0 Å². The fourth-order valence-corrected chi connectivity index (χ4v) is 8.23. The quantitative estimate of drug-likeness (QED) is 0.473. The van der Waals surface area contributed by atoms with Crippen LogP contribution in [0.3, 0.4) is 0 Å². The Labute approximate surface area is 206 Å². The average molecular weight is 469 g/mol. The molecule has 3 saturated carbocycles. The van der Waals surface area contributed by atoms with Crippen molar-refractivity contribution in [1.29, 1.82) is 0 Å². The zero-order valence-electron chi connectivity index (χ0n) is 21.2. The predicted octanol–water partition coefficient (Wildman–Crippen LogP) is 6.88. The van der Waals surface area contributed by atoms with Crippen molar-refractivity contribution in [3.63, 3.8) is 0 Å². The lowest BCUT2D eigenvalue weighted by Crippen LogP contribution is -2.47. The van der Waals surface area contributed by atoms with Gasteiger partial charge in [0, 0.05) is 31.1 Å². The number of amides is 1.